The van der Waals surface area contributed by atoms with E-state index in [1.165, 1.54) is 22.3 Å². The van der Waals surface area contributed by atoms with E-state index in [0.717, 1.165) is 61.3 Å². The Hall–Kier alpha value is -6.64. The number of hydrogen-bond donors (Lipinski definition) is 0. The molecule has 0 aliphatic heterocycles. The number of rotatable bonds is 7. The molecular formula is C48H33NO. The molecule has 0 unspecified atom stereocenters. The standard InChI is InChI=1S/C48H33NO/c1-4-12-34(13-5-1)36-22-28-40(29-23-36)49(41-30-24-37(25-31-41)35-14-6-2-7-15-35)42-32-26-39(27-33-42)44-19-11-21-46-45-20-10-18-43(47(45)50-48(44)46)38-16-8-3-9-17-38/h1-33H. The first-order valence-electron chi connectivity index (χ1n) is 17.0. The zero-order chi connectivity index (χ0) is 33.3. The van der Waals surface area contributed by atoms with Gasteiger partial charge in [-0.05, 0) is 69.8 Å². The van der Waals surface area contributed by atoms with E-state index in [1.54, 1.807) is 0 Å². The molecule has 1 aromatic heterocycles. The van der Waals surface area contributed by atoms with Crippen molar-refractivity contribution in [1.29, 1.82) is 0 Å². The Bertz CT molecular complexity index is 2450. The number of furan rings is 1. The molecule has 0 bridgehead atoms. The molecule has 0 radical (unpaired) electrons. The number of nitrogens with zero attached hydrogens (tertiary/aromatic N) is 1. The van der Waals surface area contributed by atoms with Crippen LogP contribution < -0.4 is 4.90 Å². The highest BCUT2D eigenvalue weighted by atomic mass is 16.3. The van der Waals surface area contributed by atoms with Crippen molar-refractivity contribution >= 4 is 39.0 Å². The summed E-state index contributed by atoms with van der Waals surface area (Å²) in [6.45, 7) is 0. The quantitative estimate of drug-likeness (QED) is 0.173. The second-order valence-corrected chi connectivity index (χ2v) is 12.5. The van der Waals surface area contributed by atoms with Gasteiger partial charge in [0.05, 0.1) is 0 Å². The highest BCUT2D eigenvalue weighted by Crippen LogP contribution is 2.41. The fourth-order valence-electron chi connectivity index (χ4n) is 7.00. The molecule has 9 rings (SSSR count). The lowest BCUT2D eigenvalue weighted by Crippen LogP contribution is -2.09. The molecule has 0 amide bonds. The zero-order valence-corrected chi connectivity index (χ0v) is 27.4. The van der Waals surface area contributed by atoms with Gasteiger partial charge in [0.2, 0.25) is 0 Å². The summed E-state index contributed by atoms with van der Waals surface area (Å²) in [6.07, 6.45) is 0. The van der Waals surface area contributed by atoms with E-state index < -0.39 is 0 Å². The van der Waals surface area contributed by atoms with Crippen LogP contribution >= 0.6 is 0 Å². The second-order valence-electron chi connectivity index (χ2n) is 12.5. The van der Waals surface area contributed by atoms with Crippen LogP contribution in [0.15, 0.2) is 205 Å². The normalized spacial score (nSPS) is 11.2. The number of benzene rings is 8. The van der Waals surface area contributed by atoms with Crippen LogP contribution in [0.2, 0.25) is 0 Å². The number of hydrogen-bond acceptors (Lipinski definition) is 2. The fourth-order valence-corrected chi connectivity index (χ4v) is 7.00. The Kier molecular flexibility index (Phi) is 7.53. The maximum Gasteiger partial charge on any atom is 0.143 e. The second kappa shape index (κ2) is 12.8. The molecule has 2 nitrogen and oxygen atoms in total. The van der Waals surface area contributed by atoms with Crippen molar-refractivity contribution in [2.45, 2.75) is 0 Å². The van der Waals surface area contributed by atoms with E-state index in [9.17, 15) is 0 Å². The topological polar surface area (TPSA) is 16.4 Å². The summed E-state index contributed by atoms with van der Waals surface area (Å²) in [5.74, 6) is 0. The van der Waals surface area contributed by atoms with Gasteiger partial charge in [0.15, 0.2) is 0 Å². The molecule has 1 heterocycles. The summed E-state index contributed by atoms with van der Waals surface area (Å²) in [5, 5.41) is 2.25. The lowest BCUT2D eigenvalue weighted by molar-refractivity contribution is 0.671. The third kappa shape index (κ3) is 5.43. The average Bonchev–Trinajstić information content (AvgIpc) is 3.59. The Morgan fingerprint density at radius 3 is 0.980 bits per heavy atom. The molecule has 0 N–H and O–H groups in total. The SMILES string of the molecule is c1ccc(-c2ccc(N(c3ccc(-c4ccccc4)cc3)c3ccc(-c4cccc5c4oc4c(-c6ccccc6)cccc45)cc3)cc2)cc1. The molecule has 0 aliphatic carbocycles. The van der Waals surface area contributed by atoms with Crippen LogP contribution in [0.3, 0.4) is 0 Å². The van der Waals surface area contributed by atoms with Gasteiger partial charge in [-0.15, -0.1) is 0 Å². The third-order valence-electron chi connectivity index (χ3n) is 9.51. The molecule has 0 fully saturated rings. The monoisotopic (exact) mass is 639 g/mol. The minimum absolute atomic E-state index is 0.906. The van der Waals surface area contributed by atoms with E-state index in [1.807, 2.05) is 6.07 Å². The Balaban J connectivity index is 1.11. The van der Waals surface area contributed by atoms with Gasteiger partial charge >= 0.3 is 0 Å². The number of para-hydroxylation sites is 2. The van der Waals surface area contributed by atoms with Gasteiger partial charge in [-0.1, -0.05) is 164 Å². The smallest absolute Gasteiger partial charge is 0.143 e. The first-order valence-corrected chi connectivity index (χ1v) is 17.0. The van der Waals surface area contributed by atoms with E-state index in [4.69, 9.17) is 4.42 Å². The van der Waals surface area contributed by atoms with Gasteiger partial charge in [-0.25, -0.2) is 0 Å². The molecule has 9 aromatic rings. The van der Waals surface area contributed by atoms with Gasteiger partial charge in [0.1, 0.15) is 11.2 Å². The summed E-state index contributed by atoms with van der Waals surface area (Å²) < 4.78 is 6.72. The van der Waals surface area contributed by atoms with Crippen molar-refractivity contribution in [2.75, 3.05) is 4.90 Å². The molecule has 0 saturated carbocycles. The van der Waals surface area contributed by atoms with Crippen LogP contribution in [-0.4, -0.2) is 0 Å². The van der Waals surface area contributed by atoms with E-state index in [0.29, 0.717) is 0 Å². The van der Waals surface area contributed by atoms with Crippen LogP contribution in [0.4, 0.5) is 17.1 Å². The number of anilines is 3. The Morgan fingerprint density at radius 1 is 0.260 bits per heavy atom. The maximum absolute atomic E-state index is 6.72. The van der Waals surface area contributed by atoms with Crippen LogP contribution in [0.5, 0.6) is 0 Å². The lowest BCUT2D eigenvalue weighted by atomic mass is 10.00. The molecule has 0 aliphatic rings. The molecule has 0 spiro atoms. The Labute approximate surface area is 292 Å². The van der Waals surface area contributed by atoms with Crippen LogP contribution in [-0.2, 0) is 0 Å². The highest BCUT2D eigenvalue weighted by molar-refractivity contribution is 6.13. The van der Waals surface area contributed by atoms with Gasteiger partial charge in [0.25, 0.3) is 0 Å². The van der Waals surface area contributed by atoms with Crippen LogP contribution in [0.1, 0.15) is 0 Å². The van der Waals surface area contributed by atoms with Gasteiger partial charge in [0, 0.05) is 39.0 Å². The maximum atomic E-state index is 6.72. The summed E-state index contributed by atoms with van der Waals surface area (Å²) in [7, 11) is 0. The molecule has 0 atom stereocenters. The van der Waals surface area contributed by atoms with Crippen LogP contribution in [0, 0.1) is 0 Å². The van der Waals surface area contributed by atoms with Crippen molar-refractivity contribution in [1.82, 2.24) is 0 Å². The lowest BCUT2D eigenvalue weighted by Gasteiger charge is -2.26. The predicted molar refractivity (Wildman–Crippen MR) is 210 cm³/mol. The first-order chi connectivity index (χ1) is 24.8. The molecule has 50 heavy (non-hydrogen) atoms. The molecular weight excluding hydrogens is 607 g/mol. The van der Waals surface area contributed by atoms with E-state index in [2.05, 4.69) is 199 Å². The molecule has 8 aromatic carbocycles. The van der Waals surface area contributed by atoms with E-state index >= 15 is 0 Å². The average molecular weight is 640 g/mol. The van der Waals surface area contributed by atoms with E-state index in [-0.39, 0.29) is 0 Å². The fraction of sp³-hybridized carbons (Fsp3) is 0. The first kappa shape index (κ1) is 29.5. The van der Waals surface area contributed by atoms with Gasteiger partial charge in [-0.3, -0.25) is 0 Å². The molecule has 2 heteroatoms. The molecule has 236 valence electrons. The van der Waals surface area contributed by atoms with Crippen molar-refractivity contribution in [3.63, 3.8) is 0 Å². The van der Waals surface area contributed by atoms with Crippen molar-refractivity contribution in [3.8, 4) is 44.5 Å². The van der Waals surface area contributed by atoms with Gasteiger partial charge < -0.3 is 9.32 Å². The number of fused-ring (bicyclic) bond motifs is 3. The van der Waals surface area contributed by atoms with Crippen LogP contribution in [0.25, 0.3) is 66.4 Å². The third-order valence-corrected chi connectivity index (χ3v) is 9.51. The predicted octanol–water partition coefficient (Wildman–Crippen LogP) is 13.7. The Morgan fingerprint density at radius 2 is 0.580 bits per heavy atom. The highest BCUT2D eigenvalue weighted by Gasteiger charge is 2.17. The largest absolute Gasteiger partial charge is 0.455 e. The van der Waals surface area contributed by atoms with Gasteiger partial charge in [-0.2, -0.15) is 0 Å². The summed E-state index contributed by atoms with van der Waals surface area (Å²) in [6, 6.07) is 70.9. The summed E-state index contributed by atoms with van der Waals surface area (Å²) in [4.78, 5) is 2.32. The minimum Gasteiger partial charge on any atom is -0.455 e. The van der Waals surface area contributed by atoms with Crippen molar-refractivity contribution in [2.24, 2.45) is 0 Å². The summed E-state index contributed by atoms with van der Waals surface area (Å²) >= 11 is 0. The van der Waals surface area contributed by atoms with Crippen molar-refractivity contribution in [3.05, 3.63) is 200 Å². The summed E-state index contributed by atoms with van der Waals surface area (Å²) in [5.41, 5.74) is 14.3. The minimum atomic E-state index is 0.906. The molecule has 0 saturated heterocycles. The van der Waals surface area contributed by atoms with Crippen molar-refractivity contribution < 1.29 is 4.42 Å². The zero-order valence-electron chi connectivity index (χ0n) is 27.4.